The van der Waals surface area contributed by atoms with Gasteiger partial charge in [-0.05, 0) is 53.8 Å². The van der Waals surface area contributed by atoms with E-state index in [0.717, 1.165) is 29.5 Å². The van der Waals surface area contributed by atoms with Crippen LogP contribution in [0.4, 0.5) is 4.39 Å². The third kappa shape index (κ3) is 3.56. The summed E-state index contributed by atoms with van der Waals surface area (Å²) in [7, 11) is -3.72. The number of hydrogen-bond acceptors (Lipinski definition) is 3. The lowest BCUT2D eigenvalue weighted by molar-refractivity contribution is -0.131. The number of rotatable bonds is 4. The number of benzene rings is 2. The first-order valence-corrected chi connectivity index (χ1v) is 11.1. The highest BCUT2D eigenvalue weighted by Gasteiger charge is 2.30. The maximum Gasteiger partial charge on any atom is 0.328 e. The highest BCUT2D eigenvalue weighted by molar-refractivity contribution is 7.91. The molecule has 0 fully saturated rings. The molecule has 1 aromatic heterocycles. The number of nitrogens with zero attached hydrogens (tertiary/aromatic N) is 1. The summed E-state index contributed by atoms with van der Waals surface area (Å²) in [6, 6.07) is 9.44. The van der Waals surface area contributed by atoms with Crippen LogP contribution in [0.2, 0.25) is 5.02 Å². The Kier molecular flexibility index (Phi) is 4.75. The molecule has 1 heterocycles. The molecule has 0 aliphatic heterocycles. The summed E-state index contributed by atoms with van der Waals surface area (Å²) in [5, 5.41) is 10.3. The molecule has 0 radical (unpaired) electrons. The van der Waals surface area contributed by atoms with Gasteiger partial charge in [-0.1, -0.05) is 23.7 Å². The number of aromatic nitrogens is 1. The summed E-state index contributed by atoms with van der Waals surface area (Å²) < 4.78 is 40.9. The third-order valence-corrected chi connectivity index (χ3v) is 6.45. The lowest BCUT2D eigenvalue weighted by atomic mass is 10.1. The van der Waals surface area contributed by atoms with Gasteiger partial charge in [-0.25, -0.2) is 17.6 Å². The number of hydrogen-bond donors (Lipinski definition) is 1. The van der Waals surface area contributed by atoms with Gasteiger partial charge in [0.05, 0.1) is 10.4 Å². The van der Waals surface area contributed by atoms with Crippen molar-refractivity contribution >= 4 is 43.9 Å². The zero-order valence-electron chi connectivity index (χ0n) is 15.4. The van der Waals surface area contributed by atoms with Gasteiger partial charge < -0.3 is 9.67 Å². The highest BCUT2D eigenvalue weighted by Crippen LogP contribution is 2.42. The van der Waals surface area contributed by atoms with Crippen molar-refractivity contribution in [3.05, 3.63) is 70.1 Å². The molecule has 0 amide bonds. The number of sulfone groups is 1. The largest absolute Gasteiger partial charge is 0.478 e. The van der Waals surface area contributed by atoms with Crippen LogP contribution in [0.3, 0.4) is 0 Å². The number of fused-ring (bicyclic) bond motifs is 3. The van der Waals surface area contributed by atoms with E-state index in [1.165, 1.54) is 6.07 Å². The van der Waals surface area contributed by atoms with E-state index >= 15 is 0 Å². The van der Waals surface area contributed by atoms with Crippen molar-refractivity contribution in [2.45, 2.75) is 24.3 Å². The van der Waals surface area contributed by atoms with E-state index in [-0.39, 0.29) is 4.90 Å². The second kappa shape index (κ2) is 7.00. The maximum absolute atomic E-state index is 14.3. The lowest BCUT2D eigenvalue weighted by Gasteiger charge is -2.14. The zero-order chi connectivity index (χ0) is 20.9. The van der Waals surface area contributed by atoms with Crippen molar-refractivity contribution in [2.75, 3.05) is 6.26 Å². The number of aliphatic carboxylic acids is 1. The maximum atomic E-state index is 14.3. The number of carboxylic acid groups (broad SMARTS) is 1. The van der Waals surface area contributed by atoms with E-state index in [1.807, 2.05) is 12.1 Å². The molecule has 0 saturated heterocycles. The predicted molar refractivity (Wildman–Crippen MR) is 109 cm³/mol. The summed E-state index contributed by atoms with van der Waals surface area (Å²) in [6.45, 7) is 0.300. The Morgan fingerprint density at radius 3 is 2.55 bits per heavy atom. The standard InChI is InChI=1S/C21H17ClFNO4S/c1-29(27,28)18-10-15(23)9-17-16-7-4-13(8-19(25)26)20(16)24(21(17)18)11-12-2-5-14(22)6-3-12/h2-3,5-6,8-10H,4,7,11H2,1H3,(H,25,26). The first-order valence-electron chi connectivity index (χ1n) is 8.88. The highest BCUT2D eigenvalue weighted by atomic mass is 35.5. The molecule has 3 aromatic rings. The molecular formula is C21H17ClFNO4S. The van der Waals surface area contributed by atoms with Gasteiger partial charge >= 0.3 is 5.97 Å². The minimum atomic E-state index is -3.72. The summed E-state index contributed by atoms with van der Waals surface area (Å²) in [4.78, 5) is 11.2. The molecule has 0 saturated carbocycles. The van der Waals surface area contributed by atoms with Gasteiger partial charge in [-0.2, -0.15) is 0 Å². The predicted octanol–water partition coefficient (Wildman–Crippen LogP) is 4.30. The van der Waals surface area contributed by atoms with Crippen LogP contribution < -0.4 is 0 Å². The molecule has 1 N–H and O–H groups in total. The van der Waals surface area contributed by atoms with Crippen LogP contribution in [0, 0.1) is 5.82 Å². The van der Waals surface area contributed by atoms with Gasteiger partial charge in [0.1, 0.15) is 5.82 Å². The molecule has 29 heavy (non-hydrogen) atoms. The Balaban J connectivity index is 2.08. The van der Waals surface area contributed by atoms with Gasteiger partial charge in [0.15, 0.2) is 9.84 Å². The second-order valence-corrected chi connectivity index (χ2v) is 9.54. The summed E-state index contributed by atoms with van der Waals surface area (Å²) >= 11 is 5.96. The topological polar surface area (TPSA) is 76.4 Å². The number of allylic oxidation sites excluding steroid dienone is 1. The molecule has 0 unspecified atom stereocenters. The van der Waals surface area contributed by atoms with E-state index in [9.17, 15) is 22.7 Å². The number of carbonyl (C=O) groups is 1. The molecule has 5 nitrogen and oxygen atoms in total. The molecule has 150 valence electrons. The molecule has 2 aromatic carbocycles. The SMILES string of the molecule is CS(=O)(=O)c1cc(F)cc2c3c(n(Cc4ccc(Cl)cc4)c12)C(=CC(=O)O)CC3. The molecule has 0 atom stereocenters. The summed E-state index contributed by atoms with van der Waals surface area (Å²) in [6.07, 6.45) is 3.20. The normalized spacial score (nSPS) is 15.2. The molecule has 8 heteroatoms. The molecule has 1 aliphatic rings. The van der Waals surface area contributed by atoms with E-state index < -0.39 is 21.6 Å². The third-order valence-electron chi connectivity index (χ3n) is 5.09. The Bertz CT molecular complexity index is 1290. The smallest absolute Gasteiger partial charge is 0.328 e. The van der Waals surface area contributed by atoms with Crippen molar-refractivity contribution in [3.8, 4) is 0 Å². The Morgan fingerprint density at radius 1 is 1.24 bits per heavy atom. The van der Waals surface area contributed by atoms with E-state index in [0.29, 0.717) is 46.6 Å². The van der Waals surface area contributed by atoms with Crippen molar-refractivity contribution < 1.29 is 22.7 Å². The van der Waals surface area contributed by atoms with E-state index in [4.69, 9.17) is 11.6 Å². The Morgan fingerprint density at radius 2 is 1.93 bits per heavy atom. The van der Waals surface area contributed by atoms with Crippen molar-refractivity contribution in [2.24, 2.45) is 0 Å². The quantitative estimate of drug-likeness (QED) is 0.622. The van der Waals surface area contributed by atoms with Crippen molar-refractivity contribution in [1.82, 2.24) is 4.57 Å². The molecule has 1 aliphatic carbocycles. The van der Waals surface area contributed by atoms with Crippen molar-refractivity contribution in [3.63, 3.8) is 0 Å². The average molecular weight is 434 g/mol. The first kappa shape index (κ1) is 19.7. The van der Waals surface area contributed by atoms with Gasteiger partial charge in [0.25, 0.3) is 0 Å². The van der Waals surface area contributed by atoms with E-state index in [2.05, 4.69) is 0 Å². The number of aryl methyl sites for hydroxylation is 1. The minimum Gasteiger partial charge on any atom is -0.478 e. The monoisotopic (exact) mass is 433 g/mol. The van der Waals surface area contributed by atoms with Gasteiger partial charge in [0, 0.05) is 35.0 Å². The molecule has 0 bridgehead atoms. The van der Waals surface area contributed by atoms with Crippen LogP contribution in [0.1, 0.15) is 23.2 Å². The fourth-order valence-corrected chi connectivity index (χ4v) is 5.01. The fraction of sp³-hybridized carbons (Fsp3) is 0.190. The fourth-order valence-electron chi connectivity index (χ4n) is 3.99. The average Bonchev–Trinajstić information content (AvgIpc) is 3.15. The van der Waals surface area contributed by atoms with Crippen LogP contribution in [0.5, 0.6) is 0 Å². The lowest BCUT2D eigenvalue weighted by Crippen LogP contribution is -2.08. The van der Waals surface area contributed by atoms with Crippen LogP contribution >= 0.6 is 11.6 Å². The summed E-state index contributed by atoms with van der Waals surface area (Å²) in [5.74, 6) is -1.72. The summed E-state index contributed by atoms with van der Waals surface area (Å²) in [5.41, 5.74) is 3.26. The van der Waals surface area contributed by atoms with Crippen LogP contribution in [-0.2, 0) is 27.6 Å². The van der Waals surface area contributed by atoms with Gasteiger partial charge in [-0.3, -0.25) is 0 Å². The van der Waals surface area contributed by atoms with Crippen LogP contribution in [0.25, 0.3) is 16.5 Å². The van der Waals surface area contributed by atoms with Crippen LogP contribution in [-0.4, -0.2) is 30.3 Å². The number of carboxylic acids is 1. The van der Waals surface area contributed by atoms with Gasteiger partial charge in [0.2, 0.25) is 0 Å². The van der Waals surface area contributed by atoms with E-state index in [1.54, 1.807) is 16.7 Å². The Labute approximate surface area is 171 Å². The zero-order valence-corrected chi connectivity index (χ0v) is 17.0. The Hall–Kier alpha value is -2.64. The number of halogens is 2. The minimum absolute atomic E-state index is 0.106. The molecular weight excluding hydrogens is 417 g/mol. The van der Waals surface area contributed by atoms with Crippen molar-refractivity contribution in [1.29, 1.82) is 0 Å². The molecule has 4 rings (SSSR count). The van der Waals surface area contributed by atoms with Gasteiger partial charge in [-0.15, -0.1) is 0 Å². The first-order chi connectivity index (χ1) is 13.6. The van der Waals surface area contributed by atoms with Crippen LogP contribution in [0.15, 0.2) is 47.4 Å². The second-order valence-electron chi connectivity index (χ2n) is 7.12. The molecule has 0 spiro atoms.